The molecule has 0 aliphatic carbocycles. The molecule has 0 aliphatic rings. The molecule has 0 saturated heterocycles. The number of nitrogens with one attached hydrogen (secondary N) is 2. The van der Waals surface area contributed by atoms with E-state index in [2.05, 4.69) is 46.9 Å². The highest BCUT2D eigenvalue weighted by atomic mass is 32.1. The van der Waals surface area contributed by atoms with Crippen molar-refractivity contribution < 1.29 is 4.74 Å². The molecule has 2 aromatic carbocycles. The third kappa shape index (κ3) is 4.81. The minimum atomic E-state index is 0.480. The fourth-order valence-corrected chi connectivity index (χ4v) is 2.60. The first kappa shape index (κ1) is 17.0. The quantitative estimate of drug-likeness (QED) is 0.678. The van der Waals surface area contributed by atoms with Crippen molar-refractivity contribution in [2.75, 3.05) is 17.7 Å². The predicted octanol–water partition coefficient (Wildman–Crippen LogP) is 4.06. The number of hydrogen-bond donors (Lipinski definition) is 2. The second-order valence-corrected chi connectivity index (χ2v) is 6.10. The van der Waals surface area contributed by atoms with E-state index < -0.39 is 0 Å². The zero-order chi connectivity index (χ0) is 17.6. The summed E-state index contributed by atoms with van der Waals surface area (Å²) in [6, 6.07) is 17.9. The minimum absolute atomic E-state index is 0.480. The molecule has 3 rings (SSSR count). The second kappa shape index (κ2) is 7.81. The van der Waals surface area contributed by atoms with Gasteiger partial charge in [-0.1, -0.05) is 35.9 Å². The van der Waals surface area contributed by atoms with Crippen molar-refractivity contribution in [3.8, 4) is 5.75 Å². The third-order valence-corrected chi connectivity index (χ3v) is 3.88. The number of hydrogen-bond acceptors (Lipinski definition) is 3. The van der Waals surface area contributed by atoms with Crippen LogP contribution in [0.1, 0.15) is 11.1 Å². The minimum Gasteiger partial charge on any atom is -0.497 e. The molecule has 0 aliphatic heterocycles. The molecule has 0 radical (unpaired) electrons. The van der Waals surface area contributed by atoms with E-state index in [-0.39, 0.29) is 0 Å². The van der Waals surface area contributed by atoms with Crippen LogP contribution in [0.15, 0.2) is 60.8 Å². The Balaban J connectivity index is 1.58. The van der Waals surface area contributed by atoms with Crippen LogP contribution in [-0.4, -0.2) is 22.0 Å². The molecule has 3 aromatic rings. The zero-order valence-corrected chi connectivity index (χ0v) is 15.0. The Morgan fingerprint density at radius 3 is 2.68 bits per heavy atom. The molecule has 0 bridgehead atoms. The second-order valence-electron chi connectivity index (χ2n) is 5.70. The van der Waals surface area contributed by atoms with Crippen LogP contribution >= 0.6 is 12.2 Å². The summed E-state index contributed by atoms with van der Waals surface area (Å²) >= 11 is 5.34. The fourth-order valence-electron chi connectivity index (χ4n) is 2.38. The summed E-state index contributed by atoms with van der Waals surface area (Å²) in [5.74, 6) is 1.47. The molecular weight excluding hydrogens is 332 g/mol. The molecule has 0 saturated carbocycles. The predicted molar refractivity (Wildman–Crippen MR) is 105 cm³/mol. The van der Waals surface area contributed by atoms with Gasteiger partial charge in [0.2, 0.25) is 0 Å². The molecule has 2 N–H and O–H groups in total. The molecule has 0 fully saturated rings. The van der Waals surface area contributed by atoms with E-state index in [9.17, 15) is 0 Å². The van der Waals surface area contributed by atoms with E-state index >= 15 is 0 Å². The Kier molecular flexibility index (Phi) is 5.30. The third-order valence-electron chi connectivity index (χ3n) is 3.68. The Morgan fingerprint density at radius 1 is 1.12 bits per heavy atom. The van der Waals surface area contributed by atoms with Crippen LogP contribution in [0.3, 0.4) is 0 Å². The summed E-state index contributed by atoms with van der Waals surface area (Å²) in [5, 5.41) is 11.2. The van der Waals surface area contributed by atoms with Crippen LogP contribution < -0.4 is 15.4 Å². The summed E-state index contributed by atoms with van der Waals surface area (Å²) in [6.07, 6.45) is 1.93. The van der Waals surface area contributed by atoms with Gasteiger partial charge in [-0.25, -0.2) is 0 Å². The molecule has 1 aromatic heterocycles. The number of nitrogens with zero attached hydrogens (tertiary/aromatic N) is 2. The summed E-state index contributed by atoms with van der Waals surface area (Å²) in [5.41, 5.74) is 3.31. The molecule has 0 amide bonds. The maximum absolute atomic E-state index is 5.34. The summed E-state index contributed by atoms with van der Waals surface area (Å²) in [4.78, 5) is 0. The number of thiocarbonyl (C=S) groups is 1. The number of aryl methyl sites for hydroxylation is 1. The standard InChI is InChI=1S/C19H20N4OS/c1-14-6-8-15(9-7-14)13-23-11-10-18(22-23)21-19(25)20-16-4-3-5-17(12-16)24-2/h3-12H,13H2,1-2H3,(H2,20,21,22,25). The highest BCUT2D eigenvalue weighted by molar-refractivity contribution is 7.80. The van der Waals surface area contributed by atoms with Gasteiger partial charge in [0.1, 0.15) is 5.75 Å². The topological polar surface area (TPSA) is 51.1 Å². The largest absolute Gasteiger partial charge is 0.497 e. The fraction of sp³-hybridized carbons (Fsp3) is 0.158. The molecule has 5 nitrogen and oxygen atoms in total. The lowest BCUT2D eigenvalue weighted by atomic mass is 10.1. The number of aromatic nitrogens is 2. The monoisotopic (exact) mass is 352 g/mol. The molecule has 0 atom stereocenters. The van der Waals surface area contributed by atoms with E-state index in [1.165, 1.54) is 11.1 Å². The maximum atomic E-state index is 5.34. The van der Waals surface area contributed by atoms with Gasteiger partial charge in [0.25, 0.3) is 0 Å². The normalized spacial score (nSPS) is 10.3. The maximum Gasteiger partial charge on any atom is 0.176 e. The lowest BCUT2D eigenvalue weighted by Crippen LogP contribution is -2.19. The Hall–Kier alpha value is -2.86. The van der Waals surface area contributed by atoms with E-state index in [1.54, 1.807) is 7.11 Å². The van der Waals surface area contributed by atoms with Crippen molar-refractivity contribution in [2.24, 2.45) is 0 Å². The molecule has 128 valence electrons. The SMILES string of the molecule is COc1cccc(NC(=S)Nc2ccn(Cc3ccc(C)cc3)n2)c1. The van der Waals surface area contributed by atoms with Crippen LogP contribution in [0, 0.1) is 6.92 Å². The van der Waals surface area contributed by atoms with E-state index in [0.717, 1.165) is 18.0 Å². The summed E-state index contributed by atoms with van der Waals surface area (Å²) < 4.78 is 7.08. The van der Waals surface area contributed by atoms with Crippen LogP contribution in [-0.2, 0) is 6.54 Å². The number of ether oxygens (including phenoxy) is 1. The Bertz CT molecular complexity index is 858. The molecule has 0 unspecified atom stereocenters. The van der Waals surface area contributed by atoms with Gasteiger partial charge in [-0.3, -0.25) is 4.68 Å². The van der Waals surface area contributed by atoms with Gasteiger partial charge in [0.15, 0.2) is 10.9 Å². The number of rotatable bonds is 5. The van der Waals surface area contributed by atoms with Crippen molar-refractivity contribution in [1.29, 1.82) is 0 Å². The van der Waals surface area contributed by atoms with E-state index in [1.807, 2.05) is 41.2 Å². The van der Waals surface area contributed by atoms with Gasteiger partial charge >= 0.3 is 0 Å². The van der Waals surface area contributed by atoms with Crippen molar-refractivity contribution in [3.63, 3.8) is 0 Å². The van der Waals surface area contributed by atoms with Gasteiger partial charge < -0.3 is 15.4 Å². The van der Waals surface area contributed by atoms with Crippen molar-refractivity contribution in [3.05, 3.63) is 71.9 Å². The first-order valence-electron chi connectivity index (χ1n) is 7.93. The zero-order valence-electron chi connectivity index (χ0n) is 14.2. The first-order chi connectivity index (χ1) is 12.1. The van der Waals surface area contributed by atoms with Crippen molar-refractivity contribution >= 4 is 28.8 Å². The van der Waals surface area contributed by atoms with Gasteiger partial charge in [-0.05, 0) is 36.8 Å². The lowest BCUT2D eigenvalue weighted by molar-refractivity contribution is 0.415. The van der Waals surface area contributed by atoms with Crippen molar-refractivity contribution in [1.82, 2.24) is 9.78 Å². The van der Waals surface area contributed by atoms with Crippen molar-refractivity contribution in [2.45, 2.75) is 13.5 Å². The van der Waals surface area contributed by atoms with Gasteiger partial charge in [0, 0.05) is 24.0 Å². The number of anilines is 2. The van der Waals surface area contributed by atoms with Gasteiger partial charge in [0.05, 0.1) is 13.7 Å². The molecular formula is C19H20N4OS. The Morgan fingerprint density at radius 2 is 1.92 bits per heavy atom. The smallest absolute Gasteiger partial charge is 0.176 e. The molecule has 0 spiro atoms. The van der Waals surface area contributed by atoms with Gasteiger partial charge in [-0.2, -0.15) is 5.10 Å². The average Bonchev–Trinajstić information content (AvgIpc) is 3.04. The average molecular weight is 352 g/mol. The van der Waals surface area contributed by atoms with Crippen LogP contribution in [0.5, 0.6) is 5.75 Å². The van der Waals surface area contributed by atoms with E-state index in [0.29, 0.717) is 10.9 Å². The van der Waals surface area contributed by atoms with Crippen LogP contribution in [0.2, 0.25) is 0 Å². The summed E-state index contributed by atoms with van der Waals surface area (Å²) in [7, 11) is 1.64. The van der Waals surface area contributed by atoms with Crippen LogP contribution in [0.25, 0.3) is 0 Å². The van der Waals surface area contributed by atoms with Crippen LogP contribution in [0.4, 0.5) is 11.5 Å². The number of methoxy groups -OCH3 is 1. The van der Waals surface area contributed by atoms with E-state index in [4.69, 9.17) is 17.0 Å². The highest BCUT2D eigenvalue weighted by Gasteiger charge is 2.04. The molecule has 25 heavy (non-hydrogen) atoms. The van der Waals surface area contributed by atoms with Gasteiger partial charge in [-0.15, -0.1) is 0 Å². The summed E-state index contributed by atoms with van der Waals surface area (Å²) in [6.45, 7) is 2.80. The Labute approximate surface area is 152 Å². The lowest BCUT2D eigenvalue weighted by Gasteiger charge is -2.09. The molecule has 1 heterocycles. The highest BCUT2D eigenvalue weighted by Crippen LogP contribution is 2.17. The first-order valence-corrected chi connectivity index (χ1v) is 8.34. The molecule has 6 heteroatoms. The number of benzene rings is 2.